The number of benzene rings is 1. The highest BCUT2D eigenvalue weighted by Gasteiger charge is 2.06. The Morgan fingerprint density at radius 2 is 2.00 bits per heavy atom. The fraction of sp³-hybridized carbons (Fsp3) is 0.400. The van der Waals surface area contributed by atoms with Crippen LogP contribution in [0.25, 0.3) is 0 Å². The van der Waals surface area contributed by atoms with E-state index in [-0.39, 0.29) is 0 Å². The number of ether oxygens (including phenoxy) is 2. The van der Waals surface area contributed by atoms with E-state index in [4.69, 9.17) is 9.47 Å². The first-order valence-corrected chi connectivity index (χ1v) is 5.23. The van der Waals surface area contributed by atoms with E-state index >= 15 is 0 Å². The molecule has 0 saturated heterocycles. The molecular formula is C10H13IO2. The van der Waals surface area contributed by atoms with Gasteiger partial charge in [-0.05, 0) is 54.1 Å². The van der Waals surface area contributed by atoms with Crippen LogP contribution >= 0.6 is 22.6 Å². The molecule has 0 spiro atoms. The molecule has 0 amide bonds. The minimum atomic E-state index is 0.662. The Morgan fingerprint density at radius 1 is 1.31 bits per heavy atom. The monoisotopic (exact) mass is 292 g/mol. The van der Waals surface area contributed by atoms with Crippen molar-refractivity contribution in [3.8, 4) is 11.5 Å². The van der Waals surface area contributed by atoms with E-state index in [0.717, 1.165) is 11.5 Å². The second-order valence-electron chi connectivity index (χ2n) is 2.69. The van der Waals surface area contributed by atoms with E-state index in [1.54, 1.807) is 7.11 Å². The highest BCUT2D eigenvalue weighted by molar-refractivity contribution is 14.1. The van der Waals surface area contributed by atoms with Crippen LogP contribution in [0.1, 0.15) is 12.5 Å². The third kappa shape index (κ3) is 2.49. The van der Waals surface area contributed by atoms with Crippen molar-refractivity contribution in [1.29, 1.82) is 0 Å². The molecule has 3 heteroatoms. The second kappa shape index (κ2) is 4.69. The normalized spacial score (nSPS) is 9.85. The smallest absolute Gasteiger partial charge is 0.162 e. The number of aryl methyl sites for hydroxylation is 1. The molecule has 0 aliphatic rings. The molecule has 0 atom stereocenters. The Morgan fingerprint density at radius 3 is 2.54 bits per heavy atom. The van der Waals surface area contributed by atoms with E-state index < -0.39 is 0 Å². The van der Waals surface area contributed by atoms with Gasteiger partial charge >= 0.3 is 0 Å². The van der Waals surface area contributed by atoms with Gasteiger partial charge in [-0.25, -0.2) is 0 Å². The van der Waals surface area contributed by atoms with Gasteiger partial charge in [0.2, 0.25) is 0 Å². The van der Waals surface area contributed by atoms with Gasteiger partial charge in [-0.2, -0.15) is 0 Å². The average Bonchev–Trinajstić information content (AvgIpc) is 2.11. The van der Waals surface area contributed by atoms with Crippen molar-refractivity contribution in [2.45, 2.75) is 13.8 Å². The van der Waals surface area contributed by atoms with Crippen LogP contribution in [-0.2, 0) is 0 Å². The van der Waals surface area contributed by atoms with Gasteiger partial charge in [0.05, 0.1) is 13.7 Å². The lowest BCUT2D eigenvalue weighted by Crippen LogP contribution is -1.96. The van der Waals surface area contributed by atoms with Gasteiger partial charge in [-0.15, -0.1) is 0 Å². The van der Waals surface area contributed by atoms with Crippen LogP contribution in [0.15, 0.2) is 12.1 Å². The summed E-state index contributed by atoms with van der Waals surface area (Å²) in [5.74, 6) is 1.62. The highest BCUT2D eigenvalue weighted by Crippen LogP contribution is 2.31. The molecule has 0 bridgehead atoms. The zero-order valence-electron chi connectivity index (χ0n) is 8.06. The minimum Gasteiger partial charge on any atom is -0.493 e. The lowest BCUT2D eigenvalue weighted by atomic mass is 10.2. The lowest BCUT2D eigenvalue weighted by molar-refractivity contribution is 0.310. The third-order valence-electron chi connectivity index (χ3n) is 1.74. The number of hydrogen-bond donors (Lipinski definition) is 0. The largest absolute Gasteiger partial charge is 0.493 e. The Balaban J connectivity index is 3.09. The van der Waals surface area contributed by atoms with Crippen molar-refractivity contribution in [2.24, 2.45) is 0 Å². The first-order valence-electron chi connectivity index (χ1n) is 4.16. The van der Waals surface area contributed by atoms with Crippen molar-refractivity contribution in [3.05, 3.63) is 21.3 Å². The van der Waals surface area contributed by atoms with Gasteiger partial charge in [-0.3, -0.25) is 0 Å². The molecule has 72 valence electrons. The van der Waals surface area contributed by atoms with Gasteiger partial charge in [0.1, 0.15) is 0 Å². The van der Waals surface area contributed by atoms with Crippen LogP contribution in [0.5, 0.6) is 11.5 Å². The first-order chi connectivity index (χ1) is 6.19. The lowest BCUT2D eigenvalue weighted by Gasteiger charge is -2.10. The summed E-state index contributed by atoms with van der Waals surface area (Å²) in [6.45, 7) is 4.68. The molecule has 0 radical (unpaired) electrons. The van der Waals surface area contributed by atoms with E-state index in [1.165, 1.54) is 9.13 Å². The molecule has 13 heavy (non-hydrogen) atoms. The SMILES string of the molecule is CCOc1cc(I)c(C)cc1OC. The van der Waals surface area contributed by atoms with Gasteiger partial charge in [-0.1, -0.05) is 0 Å². The molecule has 1 aromatic rings. The summed E-state index contributed by atoms with van der Waals surface area (Å²) in [4.78, 5) is 0. The maximum atomic E-state index is 5.43. The summed E-state index contributed by atoms with van der Waals surface area (Å²) < 4.78 is 11.8. The quantitative estimate of drug-likeness (QED) is 0.797. The number of methoxy groups -OCH3 is 1. The van der Waals surface area contributed by atoms with Gasteiger partial charge in [0, 0.05) is 3.57 Å². The molecule has 0 N–H and O–H groups in total. The molecule has 0 aliphatic heterocycles. The number of hydrogen-bond acceptors (Lipinski definition) is 2. The summed E-state index contributed by atoms with van der Waals surface area (Å²) in [6.07, 6.45) is 0. The van der Waals surface area contributed by atoms with Crippen LogP contribution in [0.2, 0.25) is 0 Å². The Bertz CT molecular complexity index is 297. The third-order valence-corrected chi connectivity index (χ3v) is 2.91. The predicted molar refractivity (Wildman–Crippen MR) is 61.6 cm³/mol. The summed E-state index contributed by atoms with van der Waals surface area (Å²) in [5.41, 5.74) is 1.21. The van der Waals surface area contributed by atoms with E-state index in [9.17, 15) is 0 Å². The Hall–Kier alpha value is -0.450. The first kappa shape index (κ1) is 10.6. The molecule has 0 saturated carbocycles. The molecule has 0 fully saturated rings. The predicted octanol–water partition coefficient (Wildman–Crippen LogP) is 3.01. The zero-order valence-corrected chi connectivity index (χ0v) is 10.2. The standard InChI is InChI=1S/C10H13IO2/c1-4-13-10-6-8(11)7(2)5-9(10)12-3/h5-6H,4H2,1-3H3. The molecule has 0 aliphatic carbocycles. The second-order valence-corrected chi connectivity index (χ2v) is 3.85. The summed E-state index contributed by atoms with van der Waals surface area (Å²) in [6, 6.07) is 3.99. The van der Waals surface area contributed by atoms with E-state index in [2.05, 4.69) is 29.5 Å². The zero-order chi connectivity index (χ0) is 9.84. The van der Waals surface area contributed by atoms with Crippen molar-refractivity contribution < 1.29 is 9.47 Å². The maximum absolute atomic E-state index is 5.43. The summed E-state index contributed by atoms with van der Waals surface area (Å²) >= 11 is 2.29. The topological polar surface area (TPSA) is 18.5 Å². The molecular weight excluding hydrogens is 279 g/mol. The van der Waals surface area contributed by atoms with Gasteiger partial charge in [0.25, 0.3) is 0 Å². The van der Waals surface area contributed by atoms with Gasteiger partial charge in [0.15, 0.2) is 11.5 Å². The Kier molecular flexibility index (Phi) is 3.84. The van der Waals surface area contributed by atoms with Crippen LogP contribution in [0, 0.1) is 10.5 Å². The minimum absolute atomic E-state index is 0.662. The maximum Gasteiger partial charge on any atom is 0.162 e. The fourth-order valence-electron chi connectivity index (χ4n) is 1.06. The summed E-state index contributed by atoms with van der Waals surface area (Å²) in [5, 5.41) is 0. The molecule has 1 rings (SSSR count). The van der Waals surface area contributed by atoms with Crippen molar-refractivity contribution in [1.82, 2.24) is 0 Å². The fourth-order valence-corrected chi connectivity index (χ4v) is 1.50. The van der Waals surface area contributed by atoms with E-state index in [0.29, 0.717) is 6.61 Å². The van der Waals surface area contributed by atoms with Crippen LogP contribution < -0.4 is 9.47 Å². The summed E-state index contributed by atoms with van der Waals surface area (Å²) in [7, 11) is 1.66. The number of halogens is 1. The van der Waals surface area contributed by atoms with E-state index in [1.807, 2.05) is 19.1 Å². The molecule has 0 heterocycles. The molecule has 1 aromatic carbocycles. The van der Waals surface area contributed by atoms with Crippen LogP contribution in [0.3, 0.4) is 0 Å². The van der Waals surface area contributed by atoms with Gasteiger partial charge < -0.3 is 9.47 Å². The molecule has 0 aromatic heterocycles. The van der Waals surface area contributed by atoms with Crippen molar-refractivity contribution >= 4 is 22.6 Å². The average molecular weight is 292 g/mol. The van der Waals surface area contributed by atoms with Crippen LogP contribution in [-0.4, -0.2) is 13.7 Å². The highest BCUT2D eigenvalue weighted by atomic mass is 127. The van der Waals surface area contributed by atoms with Crippen molar-refractivity contribution in [2.75, 3.05) is 13.7 Å². The molecule has 2 nitrogen and oxygen atoms in total. The number of rotatable bonds is 3. The Labute approximate surface area is 92.4 Å². The van der Waals surface area contributed by atoms with Crippen molar-refractivity contribution in [3.63, 3.8) is 0 Å². The van der Waals surface area contributed by atoms with Crippen LogP contribution in [0.4, 0.5) is 0 Å². The molecule has 0 unspecified atom stereocenters.